The number of nitrogens with one attached hydrogen (secondary N) is 1. The Kier molecular flexibility index (Phi) is 4.36. The lowest BCUT2D eigenvalue weighted by Crippen LogP contribution is -2.50. The molecule has 0 aromatic heterocycles. The van der Waals surface area contributed by atoms with Crippen molar-refractivity contribution in [2.75, 3.05) is 7.11 Å². The average molecular weight is 395 g/mol. The van der Waals surface area contributed by atoms with Gasteiger partial charge in [0.15, 0.2) is 5.78 Å². The van der Waals surface area contributed by atoms with Crippen LogP contribution in [0.2, 0.25) is 0 Å². The fourth-order valence-corrected chi connectivity index (χ4v) is 7.18. The van der Waals surface area contributed by atoms with Crippen molar-refractivity contribution >= 4 is 11.5 Å². The third kappa shape index (κ3) is 3.20. The predicted molar refractivity (Wildman–Crippen MR) is 115 cm³/mol. The van der Waals surface area contributed by atoms with E-state index in [-0.39, 0.29) is 11.0 Å². The molecule has 1 aliphatic heterocycles. The Labute approximate surface area is 174 Å². The molecule has 1 aromatic rings. The van der Waals surface area contributed by atoms with Gasteiger partial charge >= 0.3 is 0 Å². The number of hydrogen-bond acceptors (Lipinski definition) is 4. The normalized spacial score (nSPS) is 35.3. The smallest absolute Gasteiger partial charge is 0.163 e. The van der Waals surface area contributed by atoms with Gasteiger partial charge in [0, 0.05) is 40.4 Å². The van der Waals surface area contributed by atoms with Crippen LogP contribution in [0, 0.1) is 23.2 Å². The number of rotatable bonds is 4. The molecule has 0 unspecified atom stereocenters. The van der Waals surface area contributed by atoms with Crippen molar-refractivity contribution in [3.05, 3.63) is 34.9 Å². The second-order valence-electron chi connectivity index (χ2n) is 10.8. The lowest BCUT2D eigenvalue weighted by Gasteiger charge is -2.55. The molecule has 5 aliphatic rings. The average Bonchev–Trinajstić information content (AvgIpc) is 2.65. The highest BCUT2D eigenvalue weighted by Gasteiger charge is 2.54. The Bertz CT molecular complexity index is 848. The third-order valence-corrected chi connectivity index (χ3v) is 7.96. The van der Waals surface area contributed by atoms with E-state index >= 15 is 0 Å². The van der Waals surface area contributed by atoms with E-state index in [1.807, 2.05) is 6.08 Å². The molecular formula is C25H34N2O2. The van der Waals surface area contributed by atoms with Gasteiger partial charge in [-0.15, -0.1) is 0 Å². The van der Waals surface area contributed by atoms with Crippen LogP contribution in [0.25, 0.3) is 5.70 Å². The first-order valence-corrected chi connectivity index (χ1v) is 11.3. The molecule has 4 aliphatic carbocycles. The van der Waals surface area contributed by atoms with E-state index in [0.717, 1.165) is 66.0 Å². The number of ketones is 1. The highest BCUT2D eigenvalue weighted by Crippen LogP contribution is 2.60. The lowest BCUT2D eigenvalue weighted by molar-refractivity contribution is -0.138. The summed E-state index contributed by atoms with van der Waals surface area (Å²) in [7, 11) is 1.69. The monoisotopic (exact) mass is 394 g/mol. The van der Waals surface area contributed by atoms with Gasteiger partial charge in [-0.2, -0.15) is 0 Å². The van der Waals surface area contributed by atoms with Crippen molar-refractivity contribution in [1.29, 1.82) is 0 Å². The van der Waals surface area contributed by atoms with Gasteiger partial charge in [-0.25, -0.2) is 0 Å². The Morgan fingerprint density at radius 2 is 1.79 bits per heavy atom. The van der Waals surface area contributed by atoms with E-state index in [1.54, 1.807) is 7.11 Å². The Morgan fingerprint density at radius 1 is 1.17 bits per heavy atom. The number of carbonyl (C=O) groups is 1. The summed E-state index contributed by atoms with van der Waals surface area (Å²) in [4.78, 5) is 13.7. The Morgan fingerprint density at radius 3 is 2.34 bits per heavy atom. The zero-order chi connectivity index (χ0) is 20.4. The van der Waals surface area contributed by atoms with E-state index in [0.29, 0.717) is 12.3 Å². The van der Waals surface area contributed by atoms with Gasteiger partial charge in [0.1, 0.15) is 5.75 Å². The molecule has 0 radical (unpaired) electrons. The van der Waals surface area contributed by atoms with Crippen molar-refractivity contribution in [3.63, 3.8) is 0 Å². The first-order valence-electron chi connectivity index (χ1n) is 11.3. The van der Waals surface area contributed by atoms with Crippen molar-refractivity contribution < 1.29 is 9.53 Å². The van der Waals surface area contributed by atoms with E-state index < -0.39 is 0 Å². The van der Waals surface area contributed by atoms with Crippen LogP contribution in [0.4, 0.5) is 0 Å². The van der Waals surface area contributed by atoms with Crippen molar-refractivity contribution in [2.24, 2.45) is 28.9 Å². The fourth-order valence-electron chi connectivity index (χ4n) is 7.18. The van der Waals surface area contributed by atoms with Crippen molar-refractivity contribution in [1.82, 2.24) is 5.32 Å². The number of carbonyl (C=O) groups excluding carboxylic acids is 1. The highest BCUT2D eigenvalue weighted by molar-refractivity contribution is 6.01. The summed E-state index contributed by atoms with van der Waals surface area (Å²) in [6.07, 6.45) is 10.2. The summed E-state index contributed by atoms with van der Waals surface area (Å²) >= 11 is 0. The molecule has 4 bridgehead atoms. The van der Waals surface area contributed by atoms with Crippen LogP contribution in [-0.4, -0.2) is 18.4 Å². The maximum absolute atomic E-state index is 13.7. The summed E-state index contributed by atoms with van der Waals surface area (Å²) in [6.45, 7) is 4.82. The molecule has 0 atom stereocenters. The first-order chi connectivity index (χ1) is 13.8. The second kappa shape index (κ2) is 6.60. The molecule has 29 heavy (non-hydrogen) atoms. The van der Waals surface area contributed by atoms with Gasteiger partial charge in [0.2, 0.25) is 0 Å². The SMILES string of the molecule is COc1cc2c(cc1CN)C(=CC(=O)C13CC4CC(CC(C4)C1)C3)NC(C)(C)C2. The minimum Gasteiger partial charge on any atom is -0.496 e. The quantitative estimate of drug-likeness (QED) is 0.751. The zero-order valence-corrected chi connectivity index (χ0v) is 18.0. The van der Waals surface area contributed by atoms with Gasteiger partial charge in [0.25, 0.3) is 0 Å². The minimum atomic E-state index is -0.103. The predicted octanol–water partition coefficient (Wildman–Crippen LogP) is 4.20. The van der Waals surface area contributed by atoms with Gasteiger partial charge in [-0.3, -0.25) is 4.79 Å². The van der Waals surface area contributed by atoms with Crippen molar-refractivity contribution in [3.8, 4) is 5.75 Å². The number of nitrogens with two attached hydrogens (primary N) is 1. The number of ether oxygens (including phenoxy) is 1. The highest BCUT2D eigenvalue weighted by atomic mass is 16.5. The molecule has 4 saturated carbocycles. The molecule has 6 rings (SSSR count). The van der Waals surface area contributed by atoms with Crippen LogP contribution in [0.1, 0.15) is 69.1 Å². The largest absolute Gasteiger partial charge is 0.496 e. The van der Waals surface area contributed by atoms with Crippen LogP contribution in [-0.2, 0) is 17.8 Å². The second-order valence-corrected chi connectivity index (χ2v) is 10.8. The molecule has 4 fully saturated rings. The Hall–Kier alpha value is -1.81. The first kappa shape index (κ1) is 19.2. The van der Waals surface area contributed by atoms with Crippen LogP contribution in [0.15, 0.2) is 18.2 Å². The molecule has 3 N–H and O–H groups in total. The van der Waals surface area contributed by atoms with Crippen LogP contribution in [0.5, 0.6) is 5.75 Å². The summed E-state index contributed by atoms with van der Waals surface area (Å²) < 4.78 is 5.56. The van der Waals surface area contributed by atoms with E-state index in [2.05, 4.69) is 31.3 Å². The third-order valence-electron chi connectivity index (χ3n) is 7.96. The minimum absolute atomic E-state index is 0.101. The standard InChI is InChI=1S/C25H34N2O2/c1-24(2)13-18-8-22(29-3)19(14-26)7-20(18)21(27-24)9-23(28)25-10-15-4-16(11-25)6-17(5-15)12-25/h7-9,15-17,27H,4-6,10-14,26H2,1-3H3. The molecule has 0 spiro atoms. The lowest BCUT2D eigenvalue weighted by atomic mass is 9.48. The van der Waals surface area contributed by atoms with E-state index in [9.17, 15) is 4.79 Å². The van der Waals surface area contributed by atoms with Gasteiger partial charge in [-0.05, 0) is 94.2 Å². The number of methoxy groups -OCH3 is 1. The number of fused-ring (bicyclic) bond motifs is 1. The number of hydrogen-bond donors (Lipinski definition) is 2. The number of allylic oxidation sites excluding steroid dienone is 1. The topological polar surface area (TPSA) is 64.3 Å². The maximum Gasteiger partial charge on any atom is 0.163 e. The molecule has 1 heterocycles. The molecule has 4 nitrogen and oxygen atoms in total. The summed E-state index contributed by atoms with van der Waals surface area (Å²) in [5.41, 5.74) is 10.1. The molecular weight excluding hydrogens is 360 g/mol. The zero-order valence-electron chi connectivity index (χ0n) is 18.0. The molecule has 0 amide bonds. The van der Waals surface area contributed by atoms with E-state index in [4.69, 9.17) is 10.5 Å². The maximum atomic E-state index is 13.7. The number of benzene rings is 1. The Balaban J connectivity index is 1.54. The van der Waals surface area contributed by atoms with Gasteiger partial charge in [-0.1, -0.05) is 0 Å². The molecule has 4 heteroatoms. The van der Waals surface area contributed by atoms with Crippen molar-refractivity contribution in [2.45, 2.75) is 70.9 Å². The summed E-state index contributed by atoms with van der Waals surface area (Å²) in [5.74, 6) is 3.53. The molecule has 156 valence electrons. The fraction of sp³-hybridized carbons (Fsp3) is 0.640. The summed E-state index contributed by atoms with van der Waals surface area (Å²) in [6, 6.07) is 4.23. The van der Waals surface area contributed by atoms with Gasteiger partial charge < -0.3 is 15.8 Å². The summed E-state index contributed by atoms with van der Waals surface area (Å²) in [5, 5.41) is 3.66. The molecule has 0 saturated heterocycles. The van der Waals surface area contributed by atoms with Crippen LogP contribution >= 0.6 is 0 Å². The van der Waals surface area contributed by atoms with Crippen LogP contribution < -0.4 is 15.8 Å². The molecule has 1 aromatic carbocycles. The van der Waals surface area contributed by atoms with E-state index in [1.165, 1.54) is 24.8 Å². The van der Waals surface area contributed by atoms with Gasteiger partial charge in [0.05, 0.1) is 7.11 Å². The van der Waals surface area contributed by atoms with Crippen LogP contribution in [0.3, 0.4) is 0 Å².